The summed E-state index contributed by atoms with van der Waals surface area (Å²) in [5.74, 6) is -2.56. The molecule has 0 fully saturated rings. The molecule has 0 spiro atoms. The molecule has 38 heavy (non-hydrogen) atoms. The molecule has 7 nitrogen and oxygen atoms in total. The van der Waals surface area contributed by atoms with Gasteiger partial charge in [-0.15, -0.1) is 0 Å². The molecule has 0 aliphatic carbocycles. The van der Waals surface area contributed by atoms with E-state index in [-0.39, 0.29) is 19.0 Å². The van der Waals surface area contributed by atoms with Gasteiger partial charge in [-0.3, -0.25) is 9.59 Å². The number of unbranched alkanes of at least 4 members (excludes halogenated alkanes) is 9. The molecule has 0 heterocycles. The summed E-state index contributed by atoms with van der Waals surface area (Å²) in [5.41, 5.74) is 3.17. The zero-order chi connectivity index (χ0) is 27.8. The molecule has 2 rings (SSSR count). The first kappa shape index (κ1) is 30.9. The van der Waals surface area contributed by atoms with Crippen LogP contribution in [0.2, 0.25) is 0 Å². The molecule has 7 heteroatoms. The minimum atomic E-state index is -1.49. The van der Waals surface area contributed by atoms with Crippen molar-refractivity contribution in [2.45, 2.75) is 84.2 Å². The van der Waals surface area contributed by atoms with Crippen LogP contribution in [0.15, 0.2) is 48.5 Å². The first-order chi connectivity index (χ1) is 18.3. The second-order valence-corrected chi connectivity index (χ2v) is 10.2. The van der Waals surface area contributed by atoms with Gasteiger partial charge in [0.25, 0.3) is 5.91 Å². The van der Waals surface area contributed by atoms with Gasteiger partial charge in [-0.05, 0) is 41.8 Å². The van der Waals surface area contributed by atoms with Crippen LogP contribution < -0.4 is 10.2 Å². The van der Waals surface area contributed by atoms with E-state index in [0.29, 0.717) is 12.1 Å². The maximum absolute atomic E-state index is 12.5. The van der Waals surface area contributed by atoms with E-state index in [2.05, 4.69) is 12.2 Å². The lowest BCUT2D eigenvalue weighted by atomic mass is 10.1. The van der Waals surface area contributed by atoms with Gasteiger partial charge in [0.05, 0.1) is 0 Å². The van der Waals surface area contributed by atoms with E-state index in [9.17, 15) is 19.5 Å². The Hall–Kier alpha value is -3.35. The number of carbonyl (C=O) groups excluding carboxylic acids is 2. The lowest BCUT2D eigenvalue weighted by Crippen LogP contribution is -2.35. The molecule has 0 bridgehead atoms. The fourth-order valence-corrected chi connectivity index (χ4v) is 4.35. The zero-order valence-electron chi connectivity index (χ0n) is 23.4. The number of hydrogen-bond acceptors (Lipinski definition) is 4. The highest BCUT2D eigenvalue weighted by Gasteiger charge is 2.21. The summed E-state index contributed by atoms with van der Waals surface area (Å²) in [6.45, 7) is 3.22. The molecule has 0 aromatic heterocycles. The van der Waals surface area contributed by atoms with Crippen molar-refractivity contribution in [2.24, 2.45) is 0 Å². The minimum absolute atomic E-state index is 0.119. The molecule has 0 unspecified atom stereocenters. The third kappa shape index (κ3) is 11.4. The van der Waals surface area contributed by atoms with Crippen molar-refractivity contribution in [1.82, 2.24) is 10.2 Å². The second-order valence-electron chi connectivity index (χ2n) is 10.2. The minimum Gasteiger partial charge on any atom is -0.474 e. The predicted octanol–water partition coefficient (Wildman–Crippen LogP) is 6.02. The van der Waals surface area contributed by atoms with Gasteiger partial charge in [-0.2, -0.15) is 0 Å². The van der Waals surface area contributed by atoms with Crippen molar-refractivity contribution >= 4 is 23.5 Å². The van der Waals surface area contributed by atoms with Crippen LogP contribution in [0.4, 0.5) is 5.69 Å². The number of nitrogens with one attached hydrogen (secondary N) is 1. The second kappa shape index (κ2) is 17.2. The van der Waals surface area contributed by atoms with Crippen molar-refractivity contribution in [3.63, 3.8) is 0 Å². The summed E-state index contributed by atoms with van der Waals surface area (Å²) >= 11 is 0. The molecule has 2 aromatic rings. The van der Waals surface area contributed by atoms with E-state index in [1.54, 1.807) is 24.3 Å². The van der Waals surface area contributed by atoms with Gasteiger partial charge in [-0.25, -0.2) is 4.79 Å². The number of anilines is 1. The Morgan fingerprint density at radius 1 is 0.711 bits per heavy atom. The Labute approximate surface area is 228 Å². The lowest BCUT2D eigenvalue weighted by Gasteiger charge is -2.22. The highest BCUT2D eigenvalue weighted by Crippen LogP contribution is 2.16. The van der Waals surface area contributed by atoms with Gasteiger partial charge < -0.3 is 20.2 Å². The third-order valence-electron chi connectivity index (χ3n) is 6.70. The molecule has 0 saturated heterocycles. The molecule has 0 aliphatic heterocycles. The van der Waals surface area contributed by atoms with E-state index in [4.69, 9.17) is 0 Å². The maximum atomic E-state index is 12.5. The Balaban J connectivity index is 1.78. The van der Waals surface area contributed by atoms with Gasteiger partial charge in [-0.1, -0.05) is 89.0 Å². The smallest absolute Gasteiger partial charge is 0.394 e. The number of rotatable bonds is 17. The van der Waals surface area contributed by atoms with E-state index in [0.717, 1.165) is 29.7 Å². The Morgan fingerprint density at radius 2 is 1.18 bits per heavy atom. The average molecular weight is 524 g/mol. The number of carboxylic acids is 1. The van der Waals surface area contributed by atoms with Crippen LogP contribution >= 0.6 is 0 Å². The molecule has 0 aliphatic rings. The number of aliphatic carboxylic acids is 1. The summed E-state index contributed by atoms with van der Waals surface area (Å²) in [6.07, 6.45) is 12.6. The summed E-state index contributed by atoms with van der Waals surface area (Å²) in [4.78, 5) is 39.5. The average Bonchev–Trinajstić information content (AvgIpc) is 2.91. The number of carboxylic acid groups (broad SMARTS) is 1. The van der Waals surface area contributed by atoms with Crippen molar-refractivity contribution in [3.05, 3.63) is 65.2 Å². The van der Waals surface area contributed by atoms with Crippen LogP contribution in [0, 0.1) is 0 Å². The highest BCUT2D eigenvalue weighted by molar-refractivity contribution is 6.31. The van der Waals surface area contributed by atoms with Gasteiger partial charge in [0.2, 0.25) is 0 Å². The summed E-state index contributed by atoms with van der Waals surface area (Å²) in [5, 5.41) is 12.3. The van der Waals surface area contributed by atoms with Crippen LogP contribution in [0.1, 0.15) is 92.6 Å². The van der Waals surface area contributed by atoms with Gasteiger partial charge in [0.15, 0.2) is 0 Å². The molecule has 2 amide bonds. The van der Waals surface area contributed by atoms with E-state index >= 15 is 0 Å². The molecule has 0 radical (unpaired) electrons. The van der Waals surface area contributed by atoms with Crippen LogP contribution in [-0.2, 0) is 22.7 Å². The number of nitrogens with zero attached hydrogens (tertiary/aromatic N) is 2. The summed E-state index contributed by atoms with van der Waals surface area (Å²) < 4.78 is 0. The first-order valence-electron chi connectivity index (χ1n) is 14.0. The number of benzene rings is 2. The van der Waals surface area contributed by atoms with Crippen molar-refractivity contribution in [3.8, 4) is 0 Å². The molecule has 2 aromatic carbocycles. The lowest BCUT2D eigenvalue weighted by molar-refractivity contribution is -0.156. The molecular weight excluding hydrogens is 478 g/mol. The van der Waals surface area contributed by atoms with Crippen LogP contribution in [0.3, 0.4) is 0 Å². The fourth-order valence-electron chi connectivity index (χ4n) is 4.35. The van der Waals surface area contributed by atoms with E-state index in [1.165, 1.54) is 56.3 Å². The van der Waals surface area contributed by atoms with Crippen LogP contribution in [0.25, 0.3) is 0 Å². The highest BCUT2D eigenvalue weighted by atomic mass is 16.4. The SMILES string of the molecule is CCCCCCCCCCCCNC(=O)c1ccc(CN(Cc2ccc(N(C)C)cc2)C(=O)C(=O)O)cc1. The Bertz CT molecular complexity index is 987. The van der Waals surface area contributed by atoms with Crippen molar-refractivity contribution < 1.29 is 19.5 Å². The van der Waals surface area contributed by atoms with E-state index < -0.39 is 11.9 Å². The quantitative estimate of drug-likeness (QED) is 0.196. The van der Waals surface area contributed by atoms with Crippen molar-refractivity contribution in [2.75, 3.05) is 25.5 Å². The Morgan fingerprint density at radius 3 is 1.66 bits per heavy atom. The zero-order valence-corrected chi connectivity index (χ0v) is 23.4. The predicted molar refractivity (Wildman–Crippen MR) is 153 cm³/mol. The largest absolute Gasteiger partial charge is 0.474 e. The Kier molecular flexibility index (Phi) is 14.0. The number of amides is 2. The summed E-state index contributed by atoms with van der Waals surface area (Å²) in [6, 6.07) is 14.6. The molecule has 208 valence electrons. The van der Waals surface area contributed by atoms with Gasteiger partial charge >= 0.3 is 11.9 Å². The topological polar surface area (TPSA) is 90.0 Å². The normalized spacial score (nSPS) is 10.7. The monoisotopic (exact) mass is 523 g/mol. The van der Waals surface area contributed by atoms with Gasteiger partial charge in [0.1, 0.15) is 0 Å². The number of hydrogen-bond donors (Lipinski definition) is 2. The van der Waals surface area contributed by atoms with Gasteiger partial charge in [0, 0.05) is 45.0 Å². The molecular formula is C31H45N3O4. The molecule has 0 saturated carbocycles. The van der Waals surface area contributed by atoms with Crippen LogP contribution in [-0.4, -0.2) is 48.4 Å². The molecule has 2 N–H and O–H groups in total. The maximum Gasteiger partial charge on any atom is 0.394 e. The van der Waals surface area contributed by atoms with Crippen molar-refractivity contribution in [1.29, 1.82) is 0 Å². The fraction of sp³-hybridized carbons (Fsp3) is 0.516. The molecule has 0 atom stereocenters. The van der Waals surface area contributed by atoms with E-state index in [1.807, 2.05) is 43.3 Å². The third-order valence-corrected chi connectivity index (χ3v) is 6.70. The summed E-state index contributed by atoms with van der Waals surface area (Å²) in [7, 11) is 3.88. The standard InChI is InChI=1S/C31H45N3O4/c1-4-5-6-7-8-9-10-11-12-13-22-32-29(35)27-18-14-25(15-19-27)23-34(30(36)31(37)38)24-26-16-20-28(21-17-26)33(2)3/h14-21H,4-13,22-24H2,1-3H3,(H,32,35)(H,37,38). The van der Waals surface area contributed by atoms with Crippen LogP contribution in [0.5, 0.6) is 0 Å². The number of carbonyl (C=O) groups is 3. The first-order valence-corrected chi connectivity index (χ1v) is 14.0.